The van der Waals surface area contributed by atoms with Crippen molar-refractivity contribution >= 4 is 17.7 Å². The van der Waals surface area contributed by atoms with Crippen LogP contribution in [0.15, 0.2) is 35.6 Å². The molecule has 0 saturated carbocycles. The molecule has 1 N–H and O–H groups in total. The number of thioether (sulfide) groups is 1. The Hall–Kier alpha value is -2.61. The molecule has 166 valence electrons. The van der Waals surface area contributed by atoms with E-state index in [0.717, 1.165) is 48.2 Å². The number of aryl methyl sites for hydroxylation is 2. The fraction of sp³-hybridized carbons (Fsp3) is 0.478. The Kier molecular flexibility index (Phi) is 7.90. The molecule has 0 radical (unpaired) electrons. The molecule has 7 nitrogen and oxygen atoms in total. The molecule has 2 heterocycles. The van der Waals surface area contributed by atoms with Gasteiger partial charge in [-0.1, -0.05) is 50.2 Å². The van der Waals surface area contributed by atoms with Gasteiger partial charge in [0.05, 0.1) is 23.1 Å². The standard InChI is InChI=1S/C23H32N6OS/c1-6-20-19(14-25-29(20)18-11-9-17(4)10-12-18)22(30)24-13-7-8-21-26-27-23(31-5)28(21)15-16(2)3/h9-12,14,16H,6-8,13,15H2,1-5H3,(H,24,30). The van der Waals surface area contributed by atoms with Gasteiger partial charge in [-0.2, -0.15) is 5.10 Å². The van der Waals surface area contributed by atoms with Crippen LogP contribution in [0.4, 0.5) is 0 Å². The maximum absolute atomic E-state index is 12.8. The predicted molar refractivity (Wildman–Crippen MR) is 125 cm³/mol. The van der Waals surface area contributed by atoms with E-state index in [1.807, 2.05) is 30.0 Å². The number of amides is 1. The van der Waals surface area contributed by atoms with Crippen molar-refractivity contribution in [2.24, 2.45) is 5.92 Å². The molecular weight excluding hydrogens is 408 g/mol. The van der Waals surface area contributed by atoms with E-state index in [1.165, 1.54) is 5.56 Å². The number of benzene rings is 1. The molecule has 0 bridgehead atoms. The fourth-order valence-corrected chi connectivity index (χ4v) is 4.08. The molecule has 8 heteroatoms. The van der Waals surface area contributed by atoms with Crippen LogP contribution in [0.25, 0.3) is 5.69 Å². The molecule has 0 atom stereocenters. The zero-order chi connectivity index (χ0) is 22.4. The van der Waals surface area contributed by atoms with E-state index in [1.54, 1.807) is 18.0 Å². The average molecular weight is 441 g/mol. The van der Waals surface area contributed by atoms with E-state index in [9.17, 15) is 4.79 Å². The molecule has 3 aromatic rings. The minimum Gasteiger partial charge on any atom is -0.352 e. The normalized spacial score (nSPS) is 11.3. The molecular formula is C23H32N6OS. The Labute approximate surface area is 188 Å². The van der Waals surface area contributed by atoms with Crippen molar-refractivity contribution in [1.82, 2.24) is 29.9 Å². The Morgan fingerprint density at radius 1 is 1.19 bits per heavy atom. The summed E-state index contributed by atoms with van der Waals surface area (Å²) in [4.78, 5) is 12.8. The van der Waals surface area contributed by atoms with Crippen LogP contribution in [0.2, 0.25) is 0 Å². The van der Waals surface area contributed by atoms with Crippen LogP contribution in [-0.2, 0) is 19.4 Å². The lowest BCUT2D eigenvalue weighted by Crippen LogP contribution is -2.26. The maximum atomic E-state index is 12.8. The van der Waals surface area contributed by atoms with E-state index in [4.69, 9.17) is 0 Å². The Morgan fingerprint density at radius 3 is 2.58 bits per heavy atom. The summed E-state index contributed by atoms with van der Waals surface area (Å²) in [6.45, 7) is 9.97. The number of carbonyl (C=O) groups is 1. The topological polar surface area (TPSA) is 77.6 Å². The third-order valence-corrected chi connectivity index (χ3v) is 5.78. The van der Waals surface area contributed by atoms with E-state index >= 15 is 0 Å². The molecule has 0 aliphatic heterocycles. The first-order valence-electron chi connectivity index (χ1n) is 10.8. The van der Waals surface area contributed by atoms with E-state index < -0.39 is 0 Å². The lowest BCUT2D eigenvalue weighted by molar-refractivity contribution is 0.0952. The van der Waals surface area contributed by atoms with Gasteiger partial charge < -0.3 is 9.88 Å². The van der Waals surface area contributed by atoms with Gasteiger partial charge in [-0.05, 0) is 44.1 Å². The van der Waals surface area contributed by atoms with Crippen LogP contribution < -0.4 is 5.32 Å². The summed E-state index contributed by atoms with van der Waals surface area (Å²) in [6, 6.07) is 8.16. The highest BCUT2D eigenvalue weighted by Crippen LogP contribution is 2.18. The number of hydrogen-bond acceptors (Lipinski definition) is 5. The zero-order valence-corrected chi connectivity index (χ0v) is 19.9. The molecule has 1 amide bonds. The number of nitrogens with zero attached hydrogens (tertiary/aromatic N) is 5. The smallest absolute Gasteiger partial charge is 0.254 e. The molecule has 1 aromatic carbocycles. The van der Waals surface area contributed by atoms with Crippen LogP contribution in [0.3, 0.4) is 0 Å². The van der Waals surface area contributed by atoms with Crippen LogP contribution >= 0.6 is 11.8 Å². The number of aromatic nitrogens is 5. The summed E-state index contributed by atoms with van der Waals surface area (Å²) in [7, 11) is 0. The first-order valence-corrected chi connectivity index (χ1v) is 12.0. The minimum absolute atomic E-state index is 0.0799. The second-order valence-electron chi connectivity index (χ2n) is 8.07. The number of nitrogens with one attached hydrogen (secondary N) is 1. The van der Waals surface area contributed by atoms with Crippen LogP contribution in [0.5, 0.6) is 0 Å². The molecule has 0 aliphatic carbocycles. The van der Waals surface area contributed by atoms with E-state index in [0.29, 0.717) is 18.0 Å². The van der Waals surface area contributed by atoms with Gasteiger partial charge in [0.1, 0.15) is 5.82 Å². The summed E-state index contributed by atoms with van der Waals surface area (Å²) in [5, 5.41) is 17.1. The molecule has 0 spiro atoms. The van der Waals surface area contributed by atoms with Crippen molar-refractivity contribution in [1.29, 1.82) is 0 Å². The van der Waals surface area contributed by atoms with Gasteiger partial charge >= 0.3 is 0 Å². The van der Waals surface area contributed by atoms with Crippen LogP contribution in [0.1, 0.15) is 54.6 Å². The first kappa shape index (κ1) is 23.1. The lowest BCUT2D eigenvalue weighted by atomic mass is 10.1. The summed E-state index contributed by atoms with van der Waals surface area (Å²) in [5.41, 5.74) is 3.72. The number of carbonyl (C=O) groups excluding carboxylic acids is 1. The van der Waals surface area contributed by atoms with Crippen molar-refractivity contribution < 1.29 is 4.79 Å². The van der Waals surface area contributed by atoms with Crippen molar-refractivity contribution in [3.05, 3.63) is 53.1 Å². The van der Waals surface area contributed by atoms with Gasteiger partial charge in [-0.25, -0.2) is 4.68 Å². The molecule has 31 heavy (non-hydrogen) atoms. The SMILES string of the molecule is CCc1c(C(=O)NCCCc2nnc(SC)n2CC(C)C)cnn1-c1ccc(C)cc1. The van der Waals surface area contributed by atoms with Crippen molar-refractivity contribution in [2.45, 2.75) is 58.7 Å². The predicted octanol–water partition coefficient (Wildman–Crippen LogP) is 4.08. The second-order valence-corrected chi connectivity index (χ2v) is 8.85. The molecule has 0 unspecified atom stereocenters. The van der Waals surface area contributed by atoms with E-state index in [-0.39, 0.29) is 5.91 Å². The summed E-state index contributed by atoms with van der Waals surface area (Å²) >= 11 is 1.62. The Bertz CT molecular complexity index is 1010. The molecule has 3 rings (SSSR count). The van der Waals surface area contributed by atoms with Gasteiger partial charge in [-0.15, -0.1) is 10.2 Å². The zero-order valence-electron chi connectivity index (χ0n) is 19.1. The molecule has 2 aromatic heterocycles. The minimum atomic E-state index is -0.0799. The second kappa shape index (κ2) is 10.6. The summed E-state index contributed by atoms with van der Waals surface area (Å²) in [5.74, 6) is 1.43. The van der Waals surface area contributed by atoms with Crippen molar-refractivity contribution in [3.63, 3.8) is 0 Å². The highest BCUT2D eigenvalue weighted by Gasteiger charge is 2.17. The van der Waals surface area contributed by atoms with E-state index in [2.05, 4.69) is 58.1 Å². The highest BCUT2D eigenvalue weighted by atomic mass is 32.2. The Balaban J connectivity index is 1.61. The van der Waals surface area contributed by atoms with Gasteiger partial charge in [0.25, 0.3) is 5.91 Å². The third-order valence-electron chi connectivity index (χ3n) is 5.11. The first-order chi connectivity index (χ1) is 14.9. The van der Waals surface area contributed by atoms with Crippen LogP contribution in [-0.4, -0.2) is 43.3 Å². The van der Waals surface area contributed by atoms with Crippen molar-refractivity contribution in [3.8, 4) is 5.69 Å². The van der Waals surface area contributed by atoms with Gasteiger partial charge in [0.15, 0.2) is 5.16 Å². The quantitative estimate of drug-likeness (QED) is 0.380. The lowest BCUT2D eigenvalue weighted by Gasteiger charge is -2.12. The van der Waals surface area contributed by atoms with Gasteiger partial charge in [0.2, 0.25) is 0 Å². The largest absolute Gasteiger partial charge is 0.352 e. The average Bonchev–Trinajstić information content (AvgIpc) is 3.35. The monoisotopic (exact) mass is 440 g/mol. The Morgan fingerprint density at radius 2 is 1.94 bits per heavy atom. The molecule has 0 aliphatic rings. The van der Waals surface area contributed by atoms with Crippen LogP contribution in [0, 0.1) is 12.8 Å². The maximum Gasteiger partial charge on any atom is 0.254 e. The fourth-order valence-electron chi connectivity index (χ4n) is 3.56. The third kappa shape index (κ3) is 5.55. The van der Waals surface area contributed by atoms with Gasteiger partial charge in [-0.3, -0.25) is 4.79 Å². The summed E-state index contributed by atoms with van der Waals surface area (Å²) < 4.78 is 4.05. The molecule has 0 saturated heterocycles. The summed E-state index contributed by atoms with van der Waals surface area (Å²) in [6.07, 6.45) is 6.01. The number of rotatable bonds is 10. The number of hydrogen-bond donors (Lipinski definition) is 1. The van der Waals surface area contributed by atoms with Crippen molar-refractivity contribution in [2.75, 3.05) is 12.8 Å². The highest BCUT2D eigenvalue weighted by molar-refractivity contribution is 7.98. The van der Waals surface area contributed by atoms with Gasteiger partial charge in [0, 0.05) is 19.5 Å². The molecule has 0 fully saturated rings.